The van der Waals surface area contributed by atoms with Crippen LogP contribution in [0.25, 0.3) is 16.4 Å². The van der Waals surface area contributed by atoms with Gasteiger partial charge in [-0.2, -0.15) is 22.8 Å². The molecule has 0 N–H and O–H groups in total. The number of hydrogen-bond acceptors (Lipinski definition) is 4. The van der Waals surface area contributed by atoms with Crippen LogP contribution in [0.3, 0.4) is 0 Å². The first-order valence-electron chi connectivity index (χ1n) is 7.93. The zero-order valence-corrected chi connectivity index (χ0v) is 13.7. The van der Waals surface area contributed by atoms with Crippen molar-refractivity contribution in [1.82, 2.24) is 19.5 Å². The largest absolute Gasteiger partial charge is 0.419 e. The van der Waals surface area contributed by atoms with E-state index < -0.39 is 28.9 Å². The van der Waals surface area contributed by atoms with Crippen molar-refractivity contribution in [2.45, 2.75) is 6.18 Å². The van der Waals surface area contributed by atoms with Crippen LogP contribution in [-0.2, 0) is 6.18 Å². The predicted octanol–water partition coefficient (Wildman–Crippen LogP) is 2.93. The molecule has 1 aliphatic rings. The Morgan fingerprint density at radius 3 is 2.38 bits per heavy atom. The summed E-state index contributed by atoms with van der Waals surface area (Å²) < 4.78 is 68.9. The average molecular weight is 371 g/mol. The second kappa shape index (κ2) is 5.76. The van der Waals surface area contributed by atoms with Crippen molar-refractivity contribution in [3.05, 3.63) is 35.5 Å². The lowest BCUT2D eigenvalue weighted by Gasteiger charge is -2.33. The Morgan fingerprint density at radius 1 is 1.04 bits per heavy atom. The molecule has 5 nitrogen and oxygen atoms in total. The van der Waals surface area contributed by atoms with Gasteiger partial charge in [-0.1, -0.05) is 0 Å². The third kappa shape index (κ3) is 2.56. The number of benzene rings is 1. The number of likely N-dealkylation sites (N-methyl/N-ethyl adjacent to an activating group) is 1. The molecule has 4 rings (SSSR count). The average Bonchev–Trinajstić information content (AvgIpc) is 3.07. The summed E-state index contributed by atoms with van der Waals surface area (Å²) in [6.07, 6.45) is -3.61. The fourth-order valence-electron chi connectivity index (χ4n) is 3.15. The molecule has 1 saturated heterocycles. The summed E-state index contributed by atoms with van der Waals surface area (Å²) in [6, 6.07) is 2.05. The number of anilines is 1. The van der Waals surface area contributed by atoms with Crippen LogP contribution in [0.4, 0.5) is 27.9 Å². The van der Waals surface area contributed by atoms with Crippen molar-refractivity contribution in [3.8, 4) is 0 Å². The highest BCUT2D eigenvalue weighted by molar-refractivity contribution is 5.95. The molecular weight excluding hydrogens is 357 g/mol. The molecule has 1 aromatic carbocycles. The van der Waals surface area contributed by atoms with Gasteiger partial charge in [0, 0.05) is 31.6 Å². The van der Waals surface area contributed by atoms with E-state index in [0.29, 0.717) is 19.2 Å². The second-order valence-corrected chi connectivity index (χ2v) is 6.28. The minimum atomic E-state index is -5.01. The van der Waals surface area contributed by atoms with Gasteiger partial charge in [-0.25, -0.2) is 13.8 Å². The van der Waals surface area contributed by atoms with Crippen LogP contribution in [-0.4, -0.2) is 52.7 Å². The van der Waals surface area contributed by atoms with Gasteiger partial charge >= 0.3 is 6.18 Å². The summed E-state index contributed by atoms with van der Waals surface area (Å²) in [7, 11) is 1.96. The highest BCUT2D eigenvalue weighted by Crippen LogP contribution is 2.37. The summed E-state index contributed by atoms with van der Waals surface area (Å²) in [6.45, 7) is 2.67. The van der Waals surface area contributed by atoms with Crippen LogP contribution in [0, 0.1) is 11.6 Å². The highest BCUT2D eigenvalue weighted by atomic mass is 19.4. The van der Waals surface area contributed by atoms with Crippen molar-refractivity contribution in [2.24, 2.45) is 0 Å². The number of nitrogens with zero attached hydrogens (tertiary/aromatic N) is 5. The maximum absolute atomic E-state index is 14.4. The van der Waals surface area contributed by atoms with Gasteiger partial charge in [0.1, 0.15) is 5.52 Å². The molecule has 0 bridgehead atoms. The van der Waals surface area contributed by atoms with E-state index in [1.807, 2.05) is 11.9 Å². The topological polar surface area (TPSA) is 36.7 Å². The molecule has 1 aliphatic heterocycles. The maximum Gasteiger partial charge on any atom is 0.419 e. The summed E-state index contributed by atoms with van der Waals surface area (Å²) in [5.41, 5.74) is -1.84. The molecule has 3 aromatic rings. The Labute approximate surface area is 144 Å². The monoisotopic (exact) mass is 371 g/mol. The lowest BCUT2D eigenvalue weighted by molar-refractivity contribution is -0.140. The van der Waals surface area contributed by atoms with E-state index in [0.717, 1.165) is 13.1 Å². The standard InChI is InChI=1S/C16H14F5N5/c1-24-4-6-25(7-5-24)15-23-14-9(11-2-3-22-26(11)15)8-10(16(19,20)21)12(17)13(14)18/h2-3,8H,4-7H2,1H3. The van der Waals surface area contributed by atoms with Gasteiger partial charge in [-0.05, 0) is 19.2 Å². The van der Waals surface area contributed by atoms with Gasteiger partial charge in [-0.15, -0.1) is 0 Å². The summed E-state index contributed by atoms with van der Waals surface area (Å²) in [4.78, 5) is 8.09. The van der Waals surface area contributed by atoms with E-state index in [4.69, 9.17) is 0 Å². The molecule has 0 saturated carbocycles. The van der Waals surface area contributed by atoms with Crippen LogP contribution in [0.15, 0.2) is 18.3 Å². The quantitative estimate of drug-likeness (QED) is 0.617. The van der Waals surface area contributed by atoms with Crippen LogP contribution in [0.2, 0.25) is 0 Å². The first kappa shape index (κ1) is 17.0. The Morgan fingerprint density at radius 2 is 1.73 bits per heavy atom. The highest BCUT2D eigenvalue weighted by Gasteiger charge is 2.37. The van der Waals surface area contributed by atoms with Crippen LogP contribution in [0.5, 0.6) is 0 Å². The SMILES string of the molecule is CN1CCN(c2nc3c(F)c(F)c(C(F)(F)F)cc3c3ccnn23)CC1. The molecule has 26 heavy (non-hydrogen) atoms. The lowest BCUT2D eigenvalue weighted by Crippen LogP contribution is -2.45. The van der Waals surface area contributed by atoms with E-state index in [1.54, 1.807) is 0 Å². The molecular formula is C16H14F5N5. The third-order valence-electron chi connectivity index (χ3n) is 4.59. The van der Waals surface area contributed by atoms with Crippen LogP contribution >= 0.6 is 0 Å². The first-order chi connectivity index (χ1) is 12.3. The van der Waals surface area contributed by atoms with Gasteiger partial charge in [0.15, 0.2) is 11.6 Å². The molecule has 0 spiro atoms. The van der Waals surface area contributed by atoms with Crippen molar-refractivity contribution < 1.29 is 22.0 Å². The maximum atomic E-state index is 14.4. The first-order valence-corrected chi connectivity index (χ1v) is 7.93. The zero-order chi connectivity index (χ0) is 18.6. The van der Waals surface area contributed by atoms with Gasteiger partial charge in [0.2, 0.25) is 5.95 Å². The zero-order valence-electron chi connectivity index (χ0n) is 13.7. The molecule has 2 aromatic heterocycles. The number of alkyl halides is 3. The predicted molar refractivity (Wildman–Crippen MR) is 85.1 cm³/mol. The molecule has 3 heterocycles. The Kier molecular flexibility index (Phi) is 3.76. The summed E-state index contributed by atoms with van der Waals surface area (Å²) in [5, 5.41) is 3.98. The minimum Gasteiger partial charge on any atom is -0.338 e. The van der Waals surface area contributed by atoms with E-state index in [-0.39, 0.29) is 16.9 Å². The van der Waals surface area contributed by atoms with Gasteiger partial charge < -0.3 is 9.80 Å². The van der Waals surface area contributed by atoms with Crippen molar-refractivity contribution in [1.29, 1.82) is 0 Å². The van der Waals surface area contributed by atoms with Gasteiger partial charge in [0.05, 0.1) is 17.3 Å². The van der Waals surface area contributed by atoms with Crippen molar-refractivity contribution >= 4 is 22.4 Å². The number of hydrogen-bond donors (Lipinski definition) is 0. The van der Waals surface area contributed by atoms with Crippen LogP contribution in [0.1, 0.15) is 5.56 Å². The van der Waals surface area contributed by atoms with Crippen molar-refractivity contribution in [3.63, 3.8) is 0 Å². The summed E-state index contributed by atoms with van der Waals surface area (Å²) >= 11 is 0. The number of piperazine rings is 1. The Bertz CT molecular complexity index is 988. The molecule has 0 atom stereocenters. The Balaban J connectivity index is 1.99. The van der Waals surface area contributed by atoms with Gasteiger partial charge in [-0.3, -0.25) is 0 Å². The normalized spacial score (nSPS) is 16.8. The van der Waals surface area contributed by atoms with Gasteiger partial charge in [0.25, 0.3) is 0 Å². The summed E-state index contributed by atoms with van der Waals surface area (Å²) in [5.74, 6) is -3.26. The Hall–Kier alpha value is -2.49. The molecule has 1 fully saturated rings. The lowest BCUT2D eigenvalue weighted by atomic mass is 10.1. The molecule has 10 heteroatoms. The number of fused-ring (bicyclic) bond motifs is 3. The number of rotatable bonds is 1. The number of aromatic nitrogens is 3. The van der Waals surface area contributed by atoms with E-state index >= 15 is 0 Å². The molecule has 0 amide bonds. The van der Waals surface area contributed by atoms with E-state index in [1.165, 1.54) is 16.8 Å². The van der Waals surface area contributed by atoms with Crippen molar-refractivity contribution in [2.75, 3.05) is 38.1 Å². The fourth-order valence-corrected chi connectivity index (χ4v) is 3.15. The van der Waals surface area contributed by atoms with E-state index in [2.05, 4.69) is 15.0 Å². The fraction of sp³-hybridized carbons (Fsp3) is 0.375. The van der Waals surface area contributed by atoms with E-state index in [9.17, 15) is 22.0 Å². The minimum absolute atomic E-state index is 0.133. The smallest absolute Gasteiger partial charge is 0.338 e. The molecule has 0 radical (unpaired) electrons. The second-order valence-electron chi connectivity index (χ2n) is 6.28. The molecule has 138 valence electrons. The molecule has 0 aliphatic carbocycles. The molecule has 0 unspecified atom stereocenters. The number of halogens is 5. The third-order valence-corrected chi connectivity index (χ3v) is 4.59. The van der Waals surface area contributed by atoms with Crippen LogP contribution < -0.4 is 4.90 Å².